The molecule has 0 spiro atoms. The van der Waals surface area contributed by atoms with Gasteiger partial charge in [-0.3, -0.25) is 14.5 Å². The molecule has 1 aliphatic rings. The van der Waals surface area contributed by atoms with Crippen molar-refractivity contribution in [1.29, 1.82) is 0 Å². The minimum atomic E-state index is -0.141. The molecule has 0 aromatic carbocycles. The van der Waals surface area contributed by atoms with Crippen LogP contribution in [0.5, 0.6) is 0 Å². The van der Waals surface area contributed by atoms with Crippen molar-refractivity contribution in [1.82, 2.24) is 39.3 Å². The normalized spacial score (nSPS) is 14.9. The minimum absolute atomic E-state index is 0.0173. The maximum atomic E-state index is 13.0. The van der Waals surface area contributed by atoms with Crippen molar-refractivity contribution in [2.75, 3.05) is 32.7 Å². The number of aromatic nitrogens is 6. The maximum Gasteiger partial charge on any atom is 0.266 e. The Hall–Kier alpha value is -3.79. The third-order valence-corrected chi connectivity index (χ3v) is 5.56. The Balaban J connectivity index is 1.19. The van der Waals surface area contributed by atoms with Gasteiger partial charge >= 0.3 is 0 Å². The second-order valence-corrected chi connectivity index (χ2v) is 7.44. The molecule has 5 heterocycles. The lowest BCUT2D eigenvalue weighted by Gasteiger charge is -2.34. The average molecular weight is 418 g/mol. The van der Waals surface area contributed by atoms with Crippen LogP contribution in [0.3, 0.4) is 0 Å². The Morgan fingerprint density at radius 3 is 2.71 bits per heavy atom. The van der Waals surface area contributed by atoms with Crippen molar-refractivity contribution in [2.45, 2.75) is 6.54 Å². The number of aromatic amines is 1. The number of nitrogens with one attached hydrogen (secondary N) is 1. The van der Waals surface area contributed by atoms with Crippen molar-refractivity contribution >= 4 is 16.9 Å². The number of piperazine rings is 1. The van der Waals surface area contributed by atoms with E-state index in [9.17, 15) is 9.59 Å². The summed E-state index contributed by atoms with van der Waals surface area (Å²) in [7, 11) is 0. The van der Waals surface area contributed by atoms with Crippen molar-refractivity contribution in [2.24, 2.45) is 0 Å². The lowest BCUT2D eigenvalue weighted by molar-refractivity contribution is 0.0633. The summed E-state index contributed by atoms with van der Waals surface area (Å²) in [6.45, 7) is 3.95. The van der Waals surface area contributed by atoms with E-state index in [0.717, 1.165) is 24.1 Å². The quantitative estimate of drug-likeness (QED) is 0.513. The van der Waals surface area contributed by atoms with Gasteiger partial charge in [-0.1, -0.05) is 0 Å². The first-order valence-corrected chi connectivity index (χ1v) is 10.2. The molecule has 0 unspecified atom stereocenters. The zero-order chi connectivity index (χ0) is 21.2. The molecular formula is C21H22N8O2. The molecule has 31 heavy (non-hydrogen) atoms. The lowest BCUT2D eigenvalue weighted by Crippen LogP contribution is -2.49. The third-order valence-electron chi connectivity index (χ3n) is 5.56. The number of H-pyrrole nitrogens is 1. The van der Waals surface area contributed by atoms with Gasteiger partial charge in [0.1, 0.15) is 5.65 Å². The summed E-state index contributed by atoms with van der Waals surface area (Å²) in [6, 6.07) is 8.73. The summed E-state index contributed by atoms with van der Waals surface area (Å²) in [5, 5.41) is 9.41. The number of nitrogens with zero attached hydrogens (tertiary/aromatic N) is 7. The number of hydrogen-bond acceptors (Lipinski definition) is 6. The largest absolute Gasteiger partial charge is 0.345 e. The molecule has 1 fully saturated rings. The highest BCUT2D eigenvalue weighted by molar-refractivity contribution is 6.05. The van der Waals surface area contributed by atoms with Crippen LogP contribution >= 0.6 is 0 Å². The number of carbonyl (C=O) groups excluding carboxylic acids is 1. The fraction of sp³-hybridized carbons (Fsp3) is 0.286. The van der Waals surface area contributed by atoms with Crippen molar-refractivity contribution in [3.05, 3.63) is 71.0 Å². The lowest BCUT2D eigenvalue weighted by atomic mass is 10.2. The van der Waals surface area contributed by atoms with E-state index in [1.807, 2.05) is 23.1 Å². The number of amides is 1. The number of pyridine rings is 1. The first-order chi connectivity index (χ1) is 15.2. The van der Waals surface area contributed by atoms with Gasteiger partial charge < -0.3 is 9.88 Å². The fourth-order valence-corrected chi connectivity index (χ4v) is 3.84. The minimum Gasteiger partial charge on any atom is -0.345 e. The molecule has 1 saturated heterocycles. The molecule has 158 valence electrons. The van der Waals surface area contributed by atoms with Gasteiger partial charge in [-0.25, -0.2) is 14.3 Å². The second-order valence-electron chi connectivity index (χ2n) is 7.44. The van der Waals surface area contributed by atoms with Gasteiger partial charge in [0, 0.05) is 69.0 Å². The molecule has 1 aliphatic heterocycles. The predicted molar refractivity (Wildman–Crippen MR) is 114 cm³/mol. The zero-order valence-corrected chi connectivity index (χ0v) is 16.9. The van der Waals surface area contributed by atoms with Gasteiger partial charge in [-0.15, -0.1) is 5.10 Å². The van der Waals surface area contributed by atoms with E-state index in [0.29, 0.717) is 37.6 Å². The number of hydrogen-bond donors (Lipinski definition) is 1. The molecule has 4 aromatic heterocycles. The number of fused-ring (bicyclic) bond motifs is 1. The van der Waals surface area contributed by atoms with Crippen LogP contribution in [0.15, 0.2) is 59.9 Å². The van der Waals surface area contributed by atoms with Gasteiger partial charge in [-0.05, 0) is 24.3 Å². The Morgan fingerprint density at radius 1 is 1.03 bits per heavy atom. The van der Waals surface area contributed by atoms with Gasteiger partial charge in [0.25, 0.3) is 11.5 Å². The van der Waals surface area contributed by atoms with Crippen LogP contribution in [-0.4, -0.2) is 78.0 Å². The summed E-state index contributed by atoms with van der Waals surface area (Å²) in [4.78, 5) is 36.6. The Kier molecular flexibility index (Phi) is 5.04. The van der Waals surface area contributed by atoms with Crippen molar-refractivity contribution < 1.29 is 4.79 Å². The van der Waals surface area contributed by atoms with Gasteiger partial charge in [-0.2, -0.15) is 5.10 Å². The van der Waals surface area contributed by atoms with E-state index < -0.39 is 0 Å². The third kappa shape index (κ3) is 3.84. The van der Waals surface area contributed by atoms with Gasteiger partial charge in [0.15, 0.2) is 5.82 Å². The average Bonchev–Trinajstić information content (AvgIpc) is 3.49. The first kappa shape index (κ1) is 19.2. The SMILES string of the molecule is O=C(c1c[nH]c2ncccc12)N1CCN(CCn2nc(-n3cccn3)ccc2=O)CC1. The summed E-state index contributed by atoms with van der Waals surface area (Å²) in [5.74, 6) is 0.622. The molecule has 5 rings (SSSR count). The topological polar surface area (TPSA) is 105 Å². The number of carbonyl (C=O) groups is 1. The van der Waals surface area contributed by atoms with E-state index in [1.165, 1.54) is 10.7 Å². The van der Waals surface area contributed by atoms with Crippen LogP contribution in [0, 0.1) is 0 Å². The van der Waals surface area contributed by atoms with Crippen LogP contribution in [-0.2, 0) is 6.54 Å². The Morgan fingerprint density at radius 2 is 1.90 bits per heavy atom. The summed E-state index contributed by atoms with van der Waals surface area (Å²) >= 11 is 0. The molecule has 0 atom stereocenters. The van der Waals surface area contributed by atoms with Gasteiger partial charge in [0.05, 0.1) is 12.1 Å². The van der Waals surface area contributed by atoms with Crippen LogP contribution in [0.1, 0.15) is 10.4 Å². The first-order valence-electron chi connectivity index (χ1n) is 10.2. The summed E-state index contributed by atoms with van der Waals surface area (Å²) in [5.41, 5.74) is 1.24. The molecule has 10 nitrogen and oxygen atoms in total. The predicted octanol–water partition coefficient (Wildman–Crippen LogP) is 0.763. The highest BCUT2D eigenvalue weighted by Crippen LogP contribution is 2.18. The molecule has 0 aliphatic carbocycles. The van der Waals surface area contributed by atoms with Crippen molar-refractivity contribution in [3.63, 3.8) is 0 Å². The Labute approximate surface area is 177 Å². The molecule has 0 bridgehead atoms. The smallest absolute Gasteiger partial charge is 0.266 e. The summed E-state index contributed by atoms with van der Waals surface area (Å²) in [6.07, 6.45) is 6.90. The van der Waals surface area contributed by atoms with E-state index >= 15 is 0 Å². The van der Waals surface area contributed by atoms with E-state index in [1.54, 1.807) is 35.5 Å². The molecule has 4 aromatic rings. The highest BCUT2D eigenvalue weighted by Gasteiger charge is 2.24. The molecule has 0 saturated carbocycles. The molecule has 0 radical (unpaired) electrons. The van der Waals surface area contributed by atoms with Crippen LogP contribution < -0.4 is 5.56 Å². The second kappa shape index (κ2) is 8.15. The van der Waals surface area contributed by atoms with Crippen LogP contribution in [0.25, 0.3) is 16.9 Å². The van der Waals surface area contributed by atoms with E-state index in [2.05, 4.69) is 25.1 Å². The van der Waals surface area contributed by atoms with Crippen molar-refractivity contribution in [3.8, 4) is 5.82 Å². The van der Waals surface area contributed by atoms with Crippen LogP contribution in [0.2, 0.25) is 0 Å². The molecule has 1 amide bonds. The molecule has 1 N–H and O–H groups in total. The highest BCUT2D eigenvalue weighted by atomic mass is 16.2. The monoisotopic (exact) mass is 418 g/mol. The standard InChI is InChI=1S/C21H22N8O2/c30-19-5-4-18(28-8-2-7-24-28)25-29(19)14-11-26-9-12-27(13-10-26)21(31)17-15-23-20-16(17)3-1-6-22-20/h1-8,15H,9-14H2,(H,22,23). The maximum absolute atomic E-state index is 13.0. The zero-order valence-electron chi connectivity index (χ0n) is 16.9. The van der Waals surface area contributed by atoms with Crippen LogP contribution in [0.4, 0.5) is 0 Å². The molecular weight excluding hydrogens is 396 g/mol. The number of rotatable bonds is 5. The van der Waals surface area contributed by atoms with Gasteiger partial charge in [0.2, 0.25) is 0 Å². The fourth-order valence-electron chi connectivity index (χ4n) is 3.84. The molecule has 10 heteroatoms. The van der Waals surface area contributed by atoms with E-state index in [4.69, 9.17) is 0 Å². The Bertz CT molecular complexity index is 1250. The summed E-state index contributed by atoms with van der Waals surface area (Å²) < 4.78 is 3.09. The van der Waals surface area contributed by atoms with E-state index in [-0.39, 0.29) is 11.5 Å².